The zero-order valence-corrected chi connectivity index (χ0v) is 42.0. The third-order valence-corrected chi connectivity index (χ3v) is 15.5. The van der Waals surface area contributed by atoms with Crippen LogP contribution in [0.5, 0.6) is 0 Å². The van der Waals surface area contributed by atoms with Gasteiger partial charge in [0.05, 0.1) is 35.1 Å². The second kappa shape index (κ2) is 20.1. The molecule has 8 rings (SSSR count). The quantitative estimate of drug-likeness (QED) is 0.0718. The summed E-state index contributed by atoms with van der Waals surface area (Å²) in [5, 5.41) is 28.8. The number of aliphatic hydroxyl groups is 2. The molecule has 2 saturated carbocycles. The smallest absolute Gasteiger partial charge is 0.338 e. The zero-order chi connectivity index (χ0) is 52.8. The van der Waals surface area contributed by atoms with Crippen molar-refractivity contribution in [1.82, 2.24) is 5.32 Å². The van der Waals surface area contributed by atoms with Crippen LogP contribution in [0.2, 0.25) is 0 Å². The van der Waals surface area contributed by atoms with Gasteiger partial charge in [0.1, 0.15) is 30.0 Å². The highest BCUT2D eigenvalue weighted by atomic mass is 16.6. The molecule has 1 amide bonds. The van der Waals surface area contributed by atoms with E-state index in [0.717, 1.165) is 19.4 Å². The summed E-state index contributed by atoms with van der Waals surface area (Å²) in [4.78, 5) is 100. The molecular weight excluding hydrogens is 939 g/mol. The van der Waals surface area contributed by atoms with Gasteiger partial charge in [-0.3, -0.25) is 19.2 Å². The molecule has 3 aliphatic carbocycles. The van der Waals surface area contributed by atoms with Crippen molar-refractivity contribution in [3.05, 3.63) is 154 Å². The van der Waals surface area contributed by atoms with E-state index in [-0.39, 0.29) is 46.8 Å². The van der Waals surface area contributed by atoms with Gasteiger partial charge in [-0.05, 0) is 78.4 Å². The van der Waals surface area contributed by atoms with Gasteiger partial charge in [-0.25, -0.2) is 14.4 Å². The lowest BCUT2D eigenvalue weighted by Gasteiger charge is -2.67. The Morgan fingerprint density at radius 1 is 0.726 bits per heavy atom. The summed E-state index contributed by atoms with van der Waals surface area (Å²) in [6.45, 7) is 11.9. The summed E-state index contributed by atoms with van der Waals surface area (Å²) in [6, 6.07) is 29.7. The minimum Gasteiger partial charge on any atom is -0.458 e. The van der Waals surface area contributed by atoms with Crippen LogP contribution < -0.4 is 5.32 Å². The topological polar surface area (TPSA) is 227 Å². The van der Waals surface area contributed by atoms with Crippen LogP contribution in [0, 0.1) is 16.7 Å². The average molecular weight is 1000 g/mol. The van der Waals surface area contributed by atoms with Crippen molar-refractivity contribution in [2.75, 3.05) is 6.61 Å². The molecule has 11 atom stereocenters. The fourth-order valence-electron chi connectivity index (χ4n) is 11.6. The molecule has 384 valence electrons. The lowest BCUT2D eigenvalue weighted by atomic mass is 9.44. The number of esters is 5. The summed E-state index contributed by atoms with van der Waals surface area (Å²) in [5.41, 5.74) is -6.48. The van der Waals surface area contributed by atoms with E-state index in [4.69, 9.17) is 28.4 Å². The van der Waals surface area contributed by atoms with Crippen molar-refractivity contribution in [2.45, 2.75) is 128 Å². The lowest BCUT2D eigenvalue weighted by Crippen LogP contribution is -2.82. The number of carbonyl (C=O) groups excluding carboxylic acids is 7. The first-order valence-electron chi connectivity index (χ1n) is 24.4. The molecule has 4 aromatic carbocycles. The SMILES string of the molecule is CC(=O)O[C@H]1C(=O)[C@@]2(C)C([C@H](OC(=O)c3ccccc3)[C@]3(O)C[C@H](OC(=O)[C@H](O)[C@@H](NC(=O)c4ccccc4)c4ccccc4)C(C)=C1C3(C)C)[C@]1(OC(C)=O)CO[C@@H]1C[C@@H]2OC(=O)c1cccc(C(C)C)c1. The standard InChI is InChI=1S/C57H61NO15/c1-31(2)38-25-18-26-39(27-38)52(65)71-41-28-42-56(30-68-42,73-34(5)60)47-49(72-51(64)37-23-16-11-17-24-37)57(67)29-40(32(3)43(54(57,6)7)46(69-33(4)59)48(62)55(41,47)8)70-53(66)45(61)44(35-19-12-9-13-20-35)58-50(63)36-21-14-10-15-22-36/h9-27,31,40-42,44-47,49,61,67H,28-30H2,1-8H3,(H,58,63)/t40-,41-,42+,44-,45+,46+,47?,49-,55+,56-,57+/m0/s1. The Balaban J connectivity index is 1.31. The predicted molar refractivity (Wildman–Crippen MR) is 261 cm³/mol. The molecule has 3 fully saturated rings. The number of benzene rings is 4. The third kappa shape index (κ3) is 9.36. The van der Waals surface area contributed by atoms with Gasteiger partial charge in [0.25, 0.3) is 5.91 Å². The first-order chi connectivity index (χ1) is 34.5. The molecule has 2 bridgehead atoms. The van der Waals surface area contributed by atoms with Crippen molar-refractivity contribution in [3.63, 3.8) is 0 Å². The Morgan fingerprint density at radius 2 is 1.30 bits per heavy atom. The number of amides is 1. The van der Waals surface area contributed by atoms with E-state index in [0.29, 0.717) is 5.56 Å². The van der Waals surface area contributed by atoms with Gasteiger partial charge >= 0.3 is 29.8 Å². The van der Waals surface area contributed by atoms with Gasteiger partial charge < -0.3 is 44.0 Å². The fraction of sp³-hybridized carbons (Fsp3) is 0.421. The van der Waals surface area contributed by atoms with Crippen LogP contribution in [-0.4, -0.2) is 106 Å². The number of hydrogen-bond acceptors (Lipinski definition) is 15. The third-order valence-electron chi connectivity index (χ3n) is 15.5. The molecular formula is C57H61NO15. The second-order valence-electron chi connectivity index (χ2n) is 20.5. The number of nitrogens with one attached hydrogen (secondary N) is 1. The molecule has 16 heteroatoms. The summed E-state index contributed by atoms with van der Waals surface area (Å²) in [6.07, 6.45) is -10.8. The monoisotopic (exact) mass is 999 g/mol. The average Bonchev–Trinajstić information content (AvgIpc) is 3.36. The van der Waals surface area contributed by atoms with E-state index in [1.807, 2.05) is 19.9 Å². The molecule has 1 heterocycles. The summed E-state index contributed by atoms with van der Waals surface area (Å²) in [7, 11) is 0. The summed E-state index contributed by atoms with van der Waals surface area (Å²) in [5.74, 6) is -7.85. The maximum atomic E-state index is 16.3. The first kappa shape index (κ1) is 52.3. The Kier molecular flexibility index (Phi) is 14.4. The van der Waals surface area contributed by atoms with Crippen LogP contribution in [0.15, 0.2) is 126 Å². The van der Waals surface area contributed by atoms with E-state index in [1.54, 1.807) is 111 Å². The first-order valence-corrected chi connectivity index (χ1v) is 24.4. The van der Waals surface area contributed by atoms with Crippen molar-refractivity contribution < 1.29 is 72.2 Å². The maximum absolute atomic E-state index is 16.3. The van der Waals surface area contributed by atoms with Crippen LogP contribution in [-0.2, 0) is 47.6 Å². The Morgan fingerprint density at radius 3 is 1.88 bits per heavy atom. The molecule has 0 aromatic heterocycles. The van der Waals surface area contributed by atoms with Gasteiger partial charge in [0, 0.05) is 37.7 Å². The number of ether oxygens (including phenoxy) is 6. The van der Waals surface area contributed by atoms with Crippen LogP contribution in [0.3, 0.4) is 0 Å². The Labute approximate surface area is 423 Å². The van der Waals surface area contributed by atoms with Crippen molar-refractivity contribution in [1.29, 1.82) is 0 Å². The molecule has 1 unspecified atom stereocenters. The molecule has 4 aromatic rings. The minimum atomic E-state index is -2.47. The number of carbonyl (C=O) groups is 7. The number of hydrogen-bond donors (Lipinski definition) is 3. The lowest BCUT2D eigenvalue weighted by molar-refractivity contribution is -0.345. The molecule has 1 aliphatic heterocycles. The van der Waals surface area contributed by atoms with Crippen molar-refractivity contribution >= 4 is 41.5 Å². The number of Topliss-reactive ketones (excluding diaryl/α,β-unsaturated/α-hetero) is 1. The van der Waals surface area contributed by atoms with E-state index >= 15 is 4.79 Å². The fourth-order valence-corrected chi connectivity index (χ4v) is 11.6. The normalized spacial score (nSPS) is 28.8. The predicted octanol–water partition coefficient (Wildman–Crippen LogP) is 6.72. The van der Waals surface area contributed by atoms with Gasteiger partial charge in [-0.15, -0.1) is 0 Å². The number of aliphatic hydroxyl groups excluding tert-OH is 1. The van der Waals surface area contributed by atoms with Crippen LogP contribution >= 0.6 is 0 Å². The number of ketones is 1. The van der Waals surface area contributed by atoms with Gasteiger partial charge in [0.15, 0.2) is 23.6 Å². The highest BCUT2D eigenvalue weighted by Crippen LogP contribution is 2.65. The number of fused-ring (bicyclic) bond motifs is 5. The van der Waals surface area contributed by atoms with Crippen molar-refractivity contribution in [3.8, 4) is 0 Å². The minimum absolute atomic E-state index is 0.0330. The molecule has 73 heavy (non-hydrogen) atoms. The summed E-state index contributed by atoms with van der Waals surface area (Å²) < 4.78 is 37.7. The molecule has 3 N–H and O–H groups in total. The van der Waals surface area contributed by atoms with Crippen LogP contribution in [0.1, 0.15) is 122 Å². The van der Waals surface area contributed by atoms with E-state index in [9.17, 15) is 39.0 Å². The van der Waals surface area contributed by atoms with E-state index in [1.165, 1.54) is 26.0 Å². The van der Waals surface area contributed by atoms with Crippen LogP contribution in [0.25, 0.3) is 0 Å². The molecule has 16 nitrogen and oxygen atoms in total. The largest absolute Gasteiger partial charge is 0.458 e. The number of rotatable bonds is 13. The highest BCUT2D eigenvalue weighted by molar-refractivity contribution is 5.97. The Hall–Kier alpha value is -7.01. The molecule has 4 aliphatic rings. The van der Waals surface area contributed by atoms with Crippen LogP contribution in [0.4, 0.5) is 0 Å². The molecule has 1 saturated heterocycles. The van der Waals surface area contributed by atoms with Gasteiger partial charge in [-0.2, -0.15) is 0 Å². The van der Waals surface area contributed by atoms with Gasteiger partial charge in [0.2, 0.25) is 0 Å². The highest BCUT2D eigenvalue weighted by Gasteiger charge is 2.79. The van der Waals surface area contributed by atoms with Gasteiger partial charge in [-0.1, -0.05) is 107 Å². The molecule has 0 spiro atoms. The summed E-state index contributed by atoms with van der Waals surface area (Å²) >= 11 is 0. The van der Waals surface area contributed by atoms with E-state index in [2.05, 4.69) is 5.32 Å². The Bertz CT molecular complexity index is 2830. The van der Waals surface area contributed by atoms with Crippen molar-refractivity contribution in [2.24, 2.45) is 16.7 Å². The second-order valence-corrected chi connectivity index (χ2v) is 20.5. The molecule has 0 radical (unpaired) electrons. The maximum Gasteiger partial charge on any atom is 0.338 e. The zero-order valence-electron chi connectivity index (χ0n) is 42.0. The van der Waals surface area contributed by atoms with E-state index < -0.39 is 119 Å².